The highest BCUT2D eigenvalue weighted by atomic mass is 16.6. The zero-order valence-electron chi connectivity index (χ0n) is 14.9. The Balaban J connectivity index is 1.88. The van der Waals surface area contributed by atoms with Crippen LogP contribution in [0.5, 0.6) is 0 Å². The predicted molar refractivity (Wildman–Crippen MR) is 102 cm³/mol. The Bertz CT molecular complexity index is 1100. The number of para-hydroxylation sites is 1. The van der Waals surface area contributed by atoms with Gasteiger partial charge in [0.2, 0.25) is 0 Å². The molecule has 2 atom stereocenters. The Labute approximate surface area is 164 Å². The third-order valence-corrected chi connectivity index (χ3v) is 5.08. The van der Waals surface area contributed by atoms with Crippen LogP contribution in [0.25, 0.3) is 0 Å². The predicted octanol–water partition coefficient (Wildman–Crippen LogP) is 2.41. The van der Waals surface area contributed by atoms with Gasteiger partial charge in [0.25, 0.3) is 11.6 Å². The molecule has 2 heterocycles. The van der Waals surface area contributed by atoms with E-state index in [1.54, 1.807) is 23.1 Å². The summed E-state index contributed by atoms with van der Waals surface area (Å²) in [4.78, 5) is 37.9. The minimum atomic E-state index is -1.04. The molecule has 4 rings (SSSR count). The standard InChI is InChI=1S/C20H14N4O5/c21-10-12-9-17-19(15-3-1-2-4-16(15)22(17)11-18(25)26)23(20(12)27)13-5-7-14(8-6-13)24(28)29/h1-9,17,19H,11H2,(H,25,26). The van der Waals surface area contributed by atoms with E-state index < -0.39 is 28.9 Å². The number of nitro groups is 1. The molecule has 0 bridgehead atoms. The molecular weight excluding hydrogens is 376 g/mol. The number of rotatable bonds is 4. The van der Waals surface area contributed by atoms with Crippen LogP contribution in [0.4, 0.5) is 17.1 Å². The number of non-ortho nitro benzene ring substituents is 1. The number of anilines is 2. The van der Waals surface area contributed by atoms with Crippen molar-refractivity contribution in [2.45, 2.75) is 12.1 Å². The first-order valence-electron chi connectivity index (χ1n) is 8.69. The molecule has 2 aromatic rings. The second kappa shape index (κ2) is 6.76. The lowest BCUT2D eigenvalue weighted by molar-refractivity contribution is -0.384. The Kier molecular flexibility index (Phi) is 4.24. The fourth-order valence-corrected chi connectivity index (χ4v) is 3.92. The molecule has 2 aliphatic heterocycles. The number of carboxylic acids is 1. The van der Waals surface area contributed by atoms with Crippen molar-refractivity contribution in [3.8, 4) is 6.07 Å². The van der Waals surface area contributed by atoms with Gasteiger partial charge in [0.1, 0.15) is 18.2 Å². The van der Waals surface area contributed by atoms with E-state index in [0.29, 0.717) is 11.4 Å². The van der Waals surface area contributed by atoms with Crippen LogP contribution in [0.3, 0.4) is 0 Å². The summed E-state index contributed by atoms with van der Waals surface area (Å²) in [5, 5.41) is 29.8. The average Bonchev–Trinajstić information content (AvgIpc) is 3.00. The van der Waals surface area contributed by atoms with Crippen LogP contribution in [-0.4, -0.2) is 34.5 Å². The fraction of sp³-hybridized carbons (Fsp3) is 0.150. The van der Waals surface area contributed by atoms with Gasteiger partial charge in [-0.25, -0.2) is 0 Å². The lowest BCUT2D eigenvalue weighted by Gasteiger charge is -2.38. The van der Waals surface area contributed by atoms with Gasteiger partial charge in [0.15, 0.2) is 0 Å². The van der Waals surface area contributed by atoms with Gasteiger partial charge in [0.05, 0.1) is 17.0 Å². The molecule has 0 aromatic heterocycles. The third kappa shape index (κ3) is 2.87. The van der Waals surface area contributed by atoms with Crippen molar-refractivity contribution >= 4 is 28.9 Å². The molecule has 2 aromatic carbocycles. The summed E-state index contributed by atoms with van der Waals surface area (Å²) in [7, 11) is 0. The quantitative estimate of drug-likeness (QED) is 0.627. The summed E-state index contributed by atoms with van der Waals surface area (Å²) in [6.45, 7) is -0.296. The van der Waals surface area contributed by atoms with Crippen LogP contribution in [0, 0.1) is 21.4 Å². The summed E-state index contributed by atoms with van der Waals surface area (Å²) in [6.07, 6.45) is 1.50. The number of hydrogen-bond acceptors (Lipinski definition) is 6. The molecule has 144 valence electrons. The molecule has 9 heteroatoms. The van der Waals surface area contributed by atoms with Crippen molar-refractivity contribution in [1.82, 2.24) is 0 Å². The first kappa shape index (κ1) is 18.2. The lowest BCUT2D eigenvalue weighted by Crippen LogP contribution is -2.48. The maximum absolute atomic E-state index is 13.0. The number of nitrogens with zero attached hydrogens (tertiary/aromatic N) is 4. The van der Waals surface area contributed by atoms with E-state index in [4.69, 9.17) is 0 Å². The minimum Gasteiger partial charge on any atom is -0.480 e. The molecule has 0 saturated heterocycles. The molecule has 1 N–H and O–H groups in total. The van der Waals surface area contributed by atoms with Crippen molar-refractivity contribution in [3.63, 3.8) is 0 Å². The molecule has 2 aliphatic rings. The maximum Gasteiger partial charge on any atom is 0.323 e. The number of carboxylic acid groups (broad SMARTS) is 1. The second-order valence-corrected chi connectivity index (χ2v) is 6.66. The van der Waals surface area contributed by atoms with Crippen LogP contribution in [0.2, 0.25) is 0 Å². The van der Waals surface area contributed by atoms with Crippen LogP contribution in [-0.2, 0) is 9.59 Å². The van der Waals surface area contributed by atoms with Crippen LogP contribution >= 0.6 is 0 Å². The van der Waals surface area contributed by atoms with Gasteiger partial charge in [-0.05, 0) is 24.3 Å². The van der Waals surface area contributed by atoms with Crippen molar-refractivity contribution in [2.75, 3.05) is 16.3 Å². The highest BCUT2D eigenvalue weighted by molar-refractivity contribution is 6.10. The second-order valence-electron chi connectivity index (χ2n) is 6.66. The van der Waals surface area contributed by atoms with Gasteiger partial charge in [-0.2, -0.15) is 5.26 Å². The Hall–Kier alpha value is -4.19. The van der Waals surface area contributed by atoms with Gasteiger partial charge in [0, 0.05) is 29.1 Å². The molecule has 0 saturated carbocycles. The van der Waals surface area contributed by atoms with E-state index in [2.05, 4.69) is 0 Å². The normalized spacial score (nSPS) is 19.8. The van der Waals surface area contributed by atoms with Crippen molar-refractivity contribution in [2.24, 2.45) is 0 Å². The summed E-state index contributed by atoms with van der Waals surface area (Å²) in [5.41, 5.74) is 1.58. The number of nitriles is 1. The van der Waals surface area contributed by atoms with Crippen LogP contribution in [0.15, 0.2) is 60.2 Å². The molecular formula is C20H14N4O5. The summed E-state index contributed by atoms with van der Waals surface area (Å²) >= 11 is 0. The first-order chi connectivity index (χ1) is 13.9. The lowest BCUT2D eigenvalue weighted by atomic mass is 9.93. The van der Waals surface area contributed by atoms with E-state index in [9.17, 15) is 30.1 Å². The SMILES string of the molecule is N#CC1=CC2C(c3ccccc3N2CC(=O)O)N(c2ccc([N+](=O)[O-])cc2)C1=O. The highest BCUT2D eigenvalue weighted by Gasteiger charge is 2.47. The molecule has 1 amide bonds. The van der Waals surface area contributed by atoms with E-state index in [1.807, 2.05) is 12.1 Å². The van der Waals surface area contributed by atoms with Crippen molar-refractivity contribution < 1.29 is 19.6 Å². The number of carbonyl (C=O) groups is 2. The summed E-state index contributed by atoms with van der Waals surface area (Å²) < 4.78 is 0. The van der Waals surface area contributed by atoms with Gasteiger partial charge < -0.3 is 10.0 Å². The van der Waals surface area contributed by atoms with Gasteiger partial charge >= 0.3 is 5.97 Å². The van der Waals surface area contributed by atoms with Crippen LogP contribution < -0.4 is 9.80 Å². The Morgan fingerprint density at radius 2 is 1.90 bits per heavy atom. The highest BCUT2D eigenvalue weighted by Crippen LogP contribution is 2.47. The summed E-state index contributed by atoms with van der Waals surface area (Å²) in [6, 6.07) is 13.4. The van der Waals surface area contributed by atoms with Crippen molar-refractivity contribution in [3.05, 3.63) is 75.9 Å². The molecule has 0 spiro atoms. The fourth-order valence-electron chi connectivity index (χ4n) is 3.92. The van der Waals surface area contributed by atoms with E-state index in [1.165, 1.54) is 35.2 Å². The molecule has 9 nitrogen and oxygen atoms in total. The number of hydrogen-bond donors (Lipinski definition) is 1. The zero-order chi connectivity index (χ0) is 20.7. The number of nitro benzene ring substituents is 1. The number of benzene rings is 2. The molecule has 0 aliphatic carbocycles. The van der Waals surface area contributed by atoms with Gasteiger partial charge in [-0.1, -0.05) is 18.2 Å². The van der Waals surface area contributed by atoms with E-state index >= 15 is 0 Å². The first-order valence-corrected chi connectivity index (χ1v) is 8.69. The average molecular weight is 390 g/mol. The Morgan fingerprint density at radius 1 is 1.21 bits per heavy atom. The Morgan fingerprint density at radius 3 is 2.52 bits per heavy atom. The number of fused-ring (bicyclic) bond motifs is 3. The topological polar surface area (TPSA) is 128 Å². The largest absolute Gasteiger partial charge is 0.480 e. The van der Waals surface area contributed by atoms with E-state index in [0.717, 1.165) is 5.56 Å². The monoisotopic (exact) mass is 390 g/mol. The van der Waals surface area contributed by atoms with Gasteiger partial charge in [-0.15, -0.1) is 0 Å². The molecule has 0 radical (unpaired) electrons. The van der Waals surface area contributed by atoms with Crippen molar-refractivity contribution in [1.29, 1.82) is 5.26 Å². The van der Waals surface area contributed by atoms with Crippen LogP contribution in [0.1, 0.15) is 11.6 Å². The maximum atomic E-state index is 13.0. The molecule has 29 heavy (non-hydrogen) atoms. The van der Waals surface area contributed by atoms with Gasteiger partial charge in [-0.3, -0.25) is 24.6 Å². The number of amides is 1. The summed E-state index contributed by atoms with van der Waals surface area (Å²) in [5.74, 6) is -1.57. The minimum absolute atomic E-state index is 0.104. The molecule has 0 fully saturated rings. The van der Waals surface area contributed by atoms with E-state index in [-0.39, 0.29) is 17.8 Å². The molecule has 2 unspecified atom stereocenters. The number of carbonyl (C=O) groups excluding carboxylic acids is 1. The number of aliphatic carboxylic acids is 1. The smallest absolute Gasteiger partial charge is 0.323 e. The third-order valence-electron chi connectivity index (χ3n) is 5.08. The zero-order valence-corrected chi connectivity index (χ0v) is 14.9.